The standard InChI is InChI=1S/C67H91N13O24P2S2/c1-40(2)55(74-62(87)48(12-8-9-22-79-53(82)17-18-54(79)83)73-51(81)20-23-94-26-27-96-30-31-97-29-28-95-25-24-93-5)63(88)71-41(3)60(85)72-45-15-13-42(14-16-45)35-98-67(90)78(4)34-43-10-6-7-11-47(43)61(86)76-66-75-59-56(64(89)77-66)70-39-80(59)65-58-57(84)50(102-65)37-100-105(91,107)103-49-33-46(101-52-19-21-68-38-69-52)32-44(49)36-99-106(92,108)104-58/h6-7,10-11,13-19,21,38-41,44,46,48-51,55,57-58,65,73,81,84H,8-9,12,20,22-37H2,1-5H3,(H,71,88)(H,72,85)(H,74,87)(H,91,107)(H,92,108)(H2,75,76,77,86,89)/t41-,44+,46+,48-,49-,50+,51?,55-,57+,58+,65+,105+,106+/m0/s1. The number of aliphatic hydroxyl groups excluding tert-OH is 2. The van der Waals surface area contributed by atoms with Crippen LogP contribution in [0.25, 0.3) is 11.2 Å². The van der Waals surface area contributed by atoms with E-state index in [9.17, 15) is 57.7 Å². The van der Waals surface area contributed by atoms with Gasteiger partial charge in [-0.2, -0.15) is 4.98 Å². The molecule has 1 saturated carbocycles. The predicted octanol–water partition coefficient (Wildman–Crippen LogP) is 4.00. The van der Waals surface area contributed by atoms with Crippen LogP contribution in [0.5, 0.6) is 5.88 Å². The van der Waals surface area contributed by atoms with Crippen LogP contribution in [-0.4, -0.2) is 239 Å². The molecule has 7 amide bonds. The quantitative estimate of drug-likeness (QED) is 0.00877. The number of benzene rings is 2. The molecule has 590 valence electrons. The summed E-state index contributed by atoms with van der Waals surface area (Å²) < 4.78 is 96.8. The van der Waals surface area contributed by atoms with E-state index in [1.165, 1.54) is 54.2 Å². The highest BCUT2D eigenvalue weighted by Gasteiger charge is 2.51. The zero-order valence-electron chi connectivity index (χ0n) is 59.9. The first-order chi connectivity index (χ1) is 51.7. The molecule has 108 heavy (non-hydrogen) atoms. The number of hydrogen-bond donors (Lipinski definition) is 10. The Morgan fingerprint density at radius 2 is 1.45 bits per heavy atom. The Kier molecular flexibility index (Phi) is 31.9. The summed E-state index contributed by atoms with van der Waals surface area (Å²) >= 11 is 8.44. The number of carbonyl (C=O) groups excluding carboxylic acids is 7. The number of aromatic amines is 1. The summed E-state index contributed by atoms with van der Waals surface area (Å²) in [5.74, 6) is -4.65. The van der Waals surface area contributed by atoms with Crippen LogP contribution in [0.2, 0.25) is 0 Å². The van der Waals surface area contributed by atoms with E-state index >= 15 is 0 Å². The zero-order valence-corrected chi connectivity index (χ0v) is 63.5. The summed E-state index contributed by atoms with van der Waals surface area (Å²) in [6, 6.07) is 10.9. The lowest BCUT2D eigenvalue weighted by Gasteiger charge is -2.28. The number of nitrogens with zero attached hydrogens (tertiary/aromatic N) is 7. The van der Waals surface area contributed by atoms with Gasteiger partial charge in [-0.05, 0) is 67.9 Å². The third kappa shape index (κ3) is 24.9. The van der Waals surface area contributed by atoms with Gasteiger partial charge in [-0.15, -0.1) is 0 Å². The molecule has 0 radical (unpaired) electrons. The SMILES string of the molecule is COCCOCCOCCOCCOCCC(O)N[C@@H](CCCCN1C(=O)C=CC1=O)C(=O)N[C@H](C(=O)N[C@@H](C)C(=O)Nc1ccc(COC(=O)N(C)Cc2ccccc2C(=O)Nc2nc3c(ncn3[C@@H]3O[C@@H]4CO[P@@](=O)(S)O[C@H]5C[C@H](Oc6ccncn6)C[C@@H]5CO[P@@](=O)(S)O[C@@H]3[C@@H]4O)c(=O)[nH]2)cc1)C(C)C. The van der Waals surface area contributed by atoms with Crippen LogP contribution in [0, 0.1) is 11.8 Å². The normalized spacial score (nSPS) is 23.4. The fraction of sp³-hybridized carbons (Fsp3) is 0.552. The molecule has 2 saturated heterocycles. The number of unbranched alkanes of at least 4 members (excludes halogenated alkanes) is 1. The molecule has 9 rings (SSSR count). The Balaban J connectivity index is 0.737. The Morgan fingerprint density at radius 1 is 0.778 bits per heavy atom. The average molecular weight is 1590 g/mol. The summed E-state index contributed by atoms with van der Waals surface area (Å²) in [4.78, 5) is 128. The van der Waals surface area contributed by atoms with Gasteiger partial charge >= 0.3 is 19.7 Å². The first-order valence-corrected chi connectivity index (χ1v) is 40.2. The van der Waals surface area contributed by atoms with E-state index < -0.39 is 140 Å². The first kappa shape index (κ1) is 84.4. The van der Waals surface area contributed by atoms with Gasteiger partial charge in [-0.1, -0.05) is 68.7 Å². The van der Waals surface area contributed by atoms with E-state index in [1.807, 2.05) is 0 Å². The van der Waals surface area contributed by atoms with E-state index in [0.717, 1.165) is 11.2 Å². The van der Waals surface area contributed by atoms with Crippen molar-refractivity contribution < 1.29 is 109 Å². The van der Waals surface area contributed by atoms with Crippen LogP contribution < -0.4 is 36.9 Å². The van der Waals surface area contributed by atoms with E-state index in [0.29, 0.717) is 69.3 Å². The summed E-state index contributed by atoms with van der Waals surface area (Å²) in [5, 5.41) is 36.3. The third-order valence-corrected chi connectivity index (χ3v) is 20.7. The minimum Gasteiger partial charge on any atom is -0.474 e. The number of imide groups is 1. The number of hydrogen-bond acceptors (Lipinski definition) is 29. The van der Waals surface area contributed by atoms with Crippen molar-refractivity contribution >= 4 is 102 Å². The number of ether oxygens (including phenoxy) is 8. The summed E-state index contributed by atoms with van der Waals surface area (Å²) in [5.41, 5.74) is 0.0466. The molecule has 3 aromatic heterocycles. The Bertz CT molecular complexity index is 4040. The highest BCUT2D eigenvalue weighted by molar-refractivity contribution is 8.44. The monoisotopic (exact) mass is 1590 g/mol. The molecule has 13 atom stereocenters. The Hall–Kier alpha value is -7.66. The number of methoxy groups -OCH3 is 1. The van der Waals surface area contributed by atoms with Gasteiger partial charge in [0, 0.05) is 81.7 Å². The number of anilines is 2. The molecule has 2 bridgehead atoms. The van der Waals surface area contributed by atoms with Crippen molar-refractivity contribution in [3.63, 3.8) is 0 Å². The van der Waals surface area contributed by atoms with Crippen molar-refractivity contribution in [1.29, 1.82) is 0 Å². The summed E-state index contributed by atoms with van der Waals surface area (Å²) in [6.45, 7) is -1.64. The van der Waals surface area contributed by atoms with Crippen molar-refractivity contribution in [3.05, 3.63) is 113 Å². The van der Waals surface area contributed by atoms with Gasteiger partial charge < -0.3 is 73.5 Å². The van der Waals surface area contributed by atoms with Gasteiger partial charge in [0.1, 0.15) is 55.7 Å². The summed E-state index contributed by atoms with van der Waals surface area (Å²) in [6.07, 6.45) is -1.66. The molecule has 3 aliphatic heterocycles. The number of thiol groups is 2. The van der Waals surface area contributed by atoms with Gasteiger partial charge in [0.25, 0.3) is 23.3 Å². The van der Waals surface area contributed by atoms with Crippen LogP contribution in [-0.2, 0) is 97.5 Å². The third-order valence-electron chi connectivity index (χ3n) is 17.4. The second kappa shape index (κ2) is 40.9. The molecule has 4 aliphatic rings. The lowest BCUT2D eigenvalue weighted by atomic mass is 10.0. The molecule has 41 heteroatoms. The lowest BCUT2D eigenvalue weighted by Crippen LogP contribution is -2.57. The van der Waals surface area contributed by atoms with Gasteiger partial charge in [0.15, 0.2) is 17.4 Å². The summed E-state index contributed by atoms with van der Waals surface area (Å²) in [7, 11) is 3.04. The topological polar surface area (TPSA) is 461 Å². The Morgan fingerprint density at radius 3 is 2.14 bits per heavy atom. The average Bonchev–Trinajstić information content (AvgIpc) is 1.60. The van der Waals surface area contributed by atoms with Crippen molar-refractivity contribution in [1.82, 2.24) is 55.2 Å². The van der Waals surface area contributed by atoms with Crippen LogP contribution in [0.15, 0.2) is 90.4 Å². The Labute approximate surface area is 631 Å². The van der Waals surface area contributed by atoms with E-state index in [2.05, 4.69) is 76.0 Å². The molecule has 37 nitrogen and oxygen atoms in total. The minimum atomic E-state index is -4.40. The molecule has 1 aliphatic carbocycles. The van der Waals surface area contributed by atoms with Gasteiger partial charge in [0.2, 0.25) is 29.5 Å². The van der Waals surface area contributed by atoms with E-state index in [1.54, 1.807) is 69.5 Å². The zero-order chi connectivity index (χ0) is 77.5. The maximum atomic E-state index is 14.1. The molecular weight excluding hydrogens is 1500 g/mol. The number of amides is 7. The minimum absolute atomic E-state index is 0.0728. The predicted molar refractivity (Wildman–Crippen MR) is 390 cm³/mol. The molecule has 0 spiro atoms. The van der Waals surface area contributed by atoms with Gasteiger partial charge in [-0.25, -0.2) is 28.9 Å². The number of aliphatic hydroxyl groups is 2. The molecule has 6 heterocycles. The number of fused-ring (bicyclic) bond motifs is 4. The van der Waals surface area contributed by atoms with Crippen molar-refractivity contribution in [3.8, 4) is 5.88 Å². The fourth-order valence-corrected chi connectivity index (χ4v) is 14.8. The first-order valence-electron chi connectivity index (χ1n) is 34.8. The van der Waals surface area contributed by atoms with Gasteiger partial charge in [0.05, 0.1) is 91.1 Å². The molecule has 3 fully saturated rings. The van der Waals surface area contributed by atoms with Crippen LogP contribution in [0.1, 0.15) is 87.0 Å². The number of rotatable bonds is 38. The van der Waals surface area contributed by atoms with Crippen molar-refractivity contribution in [2.75, 3.05) is 104 Å². The molecule has 5 aromatic rings. The van der Waals surface area contributed by atoms with Crippen molar-refractivity contribution in [2.45, 2.75) is 134 Å². The van der Waals surface area contributed by atoms with Gasteiger partial charge in [-0.3, -0.25) is 72.2 Å². The van der Waals surface area contributed by atoms with Crippen molar-refractivity contribution in [2.24, 2.45) is 11.8 Å². The van der Waals surface area contributed by atoms with Crippen LogP contribution >= 0.6 is 38.1 Å². The number of carbonyl (C=O) groups is 7. The highest BCUT2D eigenvalue weighted by Crippen LogP contribution is 2.60. The smallest absolute Gasteiger partial charge is 0.410 e. The number of aromatic nitrogens is 6. The largest absolute Gasteiger partial charge is 0.474 e. The van der Waals surface area contributed by atoms with E-state index in [4.69, 9.17) is 56.0 Å². The number of H-pyrrole nitrogens is 1. The number of imidazole rings is 1. The van der Waals surface area contributed by atoms with Crippen LogP contribution in [0.3, 0.4) is 0 Å². The lowest BCUT2D eigenvalue weighted by molar-refractivity contribution is -0.137. The molecule has 1 unspecified atom stereocenters. The second-order valence-electron chi connectivity index (χ2n) is 25.8. The number of nitrogens with one attached hydrogen (secondary N) is 6. The highest BCUT2D eigenvalue weighted by atomic mass is 32.7. The second-order valence-corrected chi connectivity index (χ2v) is 31.6. The molecule has 8 N–H and O–H groups in total. The fourth-order valence-electron chi connectivity index (χ4n) is 11.8. The van der Waals surface area contributed by atoms with Crippen LogP contribution in [0.4, 0.5) is 16.4 Å². The maximum absolute atomic E-state index is 14.1. The van der Waals surface area contributed by atoms with E-state index in [-0.39, 0.29) is 100 Å². The molecular formula is C67H91N13O24P2S2. The molecule has 2 aromatic carbocycles. The maximum Gasteiger partial charge on any atom is 0.410 e.